The molecule has 3 amide bonds. The predicted molar refractivity (Wildman–Crippen MR) is 118 cm³/mol. The number of carbonyl (C=O) groups excluding carboxylic acids is 3. The van der Waals surface area contributed by atoms with E-state index in [0.29, 0.717) is 10.7 Å². The fourth-order valence-corrected chi connectivity index (χ4v) is 2.72. The Hall–Kier alpha value is -2.88. The number of benzene rings is 2. The van der Waals surface area contributed by atoms with Gasteiger partial charge in [0.15, 0.2) is 11.7 Å². The van der Waals surface area contributed by atoms with Crippen LogP contribution in [0.2, 0.25) is 10.0 Å². The molecule has 158 valence electrons. The maximum absolute atomic E-state index is 11.8. The lowest BCUT2D eigenvalue weighted by molar-refractivity contribution is -0.125. The third-order valence-corrected chi connectivity index (χ3v) is 4.19. The van der Waals surface area contributed by atoms with Crippen molar-refractivity contribution in [1.29, 1.82) is 0 Å². The fraction of sp³-hybridized carbons (Fsp3) is 0.158. The second kappa shape index (κ2) is 12.0. The third kappa shape index (κ3) is 8.64. The first-order valence-electron chi connectivity index (χ1n) is 8.65. The molecule has 0 radical (unpaired) electrons. The number of carbonyl (C=O) groups is 3. The molecule has 0 saturated heterocycles. The Bertz CT molecular complexity index is 928. The number of nitrogens with one attached hydrogen (secondary N) is 4. The summed E-state index contributed by atoms with van der Waals surface area (Å²) in [5.74, 6) is -1.04. The number of hydrogen-bond acceptors (Lipinski definition) is 5. The molecule has 0 saturated carbocycles. The van der Waals surface area contributed by atoms with Gasteiger partial charge in [-0.05, 0) is 42.5 Å². The van der Waals surface area contributed by atoms with Crippen LogP contribution >= 0.6 is 35.4 Å². The van der Waals surface area contributed by atoms with Crippen molar-refractivity contribution in [3.63, 3.8) is 0 Å². The summed E-state index contributed by atoms with van der Waals surface area (Å²) in [6.07, 6.45) is -0.0857. The fourth-order valence-electron chi connectivity index (χ4n) is 2.09. The van der Waals surface area contributed by atoms with Crippen molar-refractivity contribution in [3.8, 4) is 5.75 Å². The zero-order valence-electron chi connectivity index (χ0n) is 15.5. The number of rotatable bonds is 7. The van der Waals surface area contributed by atoms with Gasteiger partial charge in [-0.2, -0.15) is 0 Å². The molecule has 2 rings (SSSR count). The van der Waals surface area contributed by atoms with Crippen LogP contribution in [0.25, 0.3) is 0 Å². The number of amides is 3. The standard InChI is InChI=1S/C19H18Cl2N4O4S/c20-12-6-7-15(14(21)10-12)29-11-18(28)23-19(30)25-24-17(27)9-8-16(26)22-13-4-2-1-3-5-13/h1-7,10H,8-9,11H2,(H,22,26)(H,24,27)(H2,23,25,28,30). The van der Waals surface area contributed by atoms with E-state index in [1.807, 2.05) is 6.07 Å². The number of ether oxygens (including phenoxy) is 1. The minimum atomic E-state index is -0.560. The van der Waals surface area contributed by atoms with Gasteiger partial charge in [-0.1, -0.05) is 41.4 Å². The molecule has 0 bridgehead atoms. The molecule has 0 aliphatic carbocycles. The summed E-state index contributed by atoms with van der Waals surface area (Å²) in [5.41, 5.74) is 5.31. The second-order valence-corrected chi connectivity index (χ2v) is 7.08. The van der Waals surface area contributed by atoms with Gasteiger partial charge in [-0.15, -0.1) is 0 Å². The molecular formula is C19H18Cl2N4O4S. The maximum Gasteiger partial charge on any atom is 0.264 e. The molecule has 8 nitrogen and oxygen atoms in total. The van der Waals surface area contributed by atoms with Crippen LogP contribution in [0, 0.1) is 0 Å². The van der Waals surface area contributed by atoms with E-state index in [9.17, 15) is 14.4 Å². The molecule has 0 unspecified atom stereocenters. The van der Waals surface area contributed by atoms with Crippen molar-refractivity contribution in [2.45, 2.75) is 12.8 Å². The highest BCUT2D eigenvalue weighted by molar-refractivity contribution is 7.80. The van der Waals surface area contributed by atoms with E-state index >= 15 is 0 Å². The summed E-state index contributed by atoms with van der Waals surface area (Å²) in [4.78, 5) is 35.4. The SMILES string of the molecule is O=C(CCC(=O)Nc1ccccc1)NNC(=S)NC(=O)COc1ccc(Cl)cc1Cl. The van der Waals surface area contributed by atoms with Crippen LogP contribution in [0.4, 0.5) is 5.69 Å². The van der Waals surface area contributed by atoms with E-state index in [-0.39, 0.29) is 41.2 Å². The highest BCUT2D eigenvalue weighted by Crippen LogP contribution is 2.27. The van der Waals surface area contributed by atoms with Crippen molar-refractivity contribution in [2.24, 2.45) is 0 Å². The molecule has 2 aromatic carbocycles. The summed E-state index contributed by atoms with van der Waals surface area (Å²) in [6, 6.07) is 13.5. The van der Waals surface area contributed by atoms with Gasteiger partial charge in [0.25, 0.3) is 5.91 Å². The van der Waals surface area contributed by atoms with Crippen molar-refractivity contribution >= 4 is 63.9 Å². The van der Waals surface area contributed by atoms with Gasteiger partial charge in [0.05, 0.1) is 5.02 Å². The Balaban J connectivity index is 1.62. The Morgan fingerprint density at radius 3 is 2.30 bits per heavy atom. The largest absolute Gasteiger partial charge is 0.482 e. The molecule has 0 aliphatic heterocycles. The van der Waals surface area contributed by atoms with E-state index in [2.05, 4.69) is 21.5 Å². The summed E-state index contributed by atoms with van der Waals surface area (Å²) >= 11 is 16.6. The van der Waals surface area contributed by atoms with Gasteiger partial charge >= 0.3 is 0 Å². The molecule has 0 aromatic heterocycles. The zero-order chi connectivity index (χ0) is 21.9. The van der Waals surface area contributed by atoms with Gasteiger partial charge in [0, 0.05) is 23.6 Å². The maximum atomic E-state index is 11.8. The molecule has 11 heteroatoms. The minimum Gasteiger partial charge on any atom is -0.482 e. The summed E-state index contributed by atoms with van der Waals surface area (Å²) in [7, 11) is 0. The lowest BCUT2D eigenvalue weighted by Crippen LogP contribution is -2.49. The average molecular weight is 469 g/mol. The quantitative estimate of drug-likeness (QED) is 0.367. The zero-order valence-corrected chi connectivity index (χ0v) is 17.9. The van der Waals surface area contributed by atoms with Crippen LogP contribution in [0.1, 0.15) is 12.8 Å². The number of anilines is 1. The van der Waals surface area contributed by atoms with Crippen LogP contribution in [0.5, 0.6) is 5.75 Å². The first-order valence-corrected chi connectivity index (χ1v) is 9.81. The number of hydrazine groups is 1. The van der Waals surface area contributed by atoms with Crippen LogP contribution in [0.3, 0.4) is 0 Å². The van der Waals surface area contributed by atoms with Crippen molar-refractivity contribution in [1.82, 2.24) is 16.2 Å². The minimum absolute atomic E-state index is 0.0166. The second-order valence-electron chi connectivity index (χ2n) is 5.83. The number of para-hydroxylation sites is 1. The molecule has 0 fully saturated rings. The van der Waals surface area contributed by atoms with Crippen LogP contribution in [0.15, 0.2) is 48.5 Å². The molecule has 30 heavy (non-hydrogen) atoms. The van der Waals surface area contributed by atoms with E-state index in [1.54, 1.807) is 30.3 Å². The monoisotopic (exact) mass is 468 g/mol. The van der Waals surface area contributed by atoms with Gasteiger partial charge in [0.2, 0.25) is 11.8 Å². The van der Waals surface area contributed by atoms with Crippen molar-refractivity contribution in [3.05, 3.63) is 58.6 Å². The van der Waals surface area contributed by atoms with Crippen LogP contribution < -0.4 is 26.2 Å². The Morgan fingerprint density at radius 2 is 1.60 bits per heavy atom. The first-order chi connectivity index (χ1) is 14.3. The number of halogens is 2. The number of hydrogen-bond donors (Lipinski definition) is 4. The molecule has 4 N–H and O–H groups in total. The van der Waals surface area contributed by atoms with Gasteiger partial charge < -0.3 is 10.1 Å². The highest BCUT2D eigenvalue weighted by Gasteiger charge is 2.10. The smallest absolute Gasteiger partial charge is 0.264 e. The Labute approximate surface area is 188 Å². The molecule has 0 spiro atoms. The van der Waals surface area contributed by atoms with Crippen molar-refractivity contribution < 1.29 is 19.1 Å². The molecular weight excluding hydrogens is 451 g/mol. The molecule has 2 aromatic rings. The van der Waals surface area contributed by atoms with E-state index in [1.165, 1.54) is 12.1 Å². The highest BCUT2D eigenvalue weighted by atomic mass is 35.5. The summed E-state index contributed by atoms with van der Waals surface area (Å²) in [6.45, 7) is -0.350. The van der Waals surface area contributed by atoms with E-state index < -0.39 is 11.8 Å². The lowest BCUT2D eigenvalue weighted by Gasteiger charge is -2.12. The third-order valence-electron chi connectivity index (χ3n) is 3.46. The first kappa shape index (κ1) is 23.4. The van der Waals surface area contributed by atoms with Gasteiger partial charge in [-0.25, -0.2) is 0 Å². The van der Waals surface area contributed by atoms with E-state index in [4.69, 9.17) is 40.2 Å². The summed E-state index contributed by atoms with van der Waals surface area (Å²) in [5, 5.41) is 5.57. The molecule has 0 heterocycles. The van der Waals surface area contributed by atoms with Crippen LogP contribution in [-0.2, 0) is 14.4 Å². The predicted octanol–water partition coefficient (Wildman–Crippen LogP) is 2.81. The Morgan fingerprint density at radius 1 is 0.900 bits per heavy atom. The molecule has 0 atom stereocenters. The number of thiocarbonyl (C=S) groups is 1. The van der Waals surface area contributed by atoms with Gasteiger partial charge in [-0.3, -0.25) is 30.6 Å². The van der Waals surface area contributed by atoms with E-state index in [0.717, 1.165) is 0 Å². The average Bonchev–Trinajstić information content (AvgIpc) is 2.71. The van der Waals surface area contributed by atoms with Crippen molar-refractivity contribution in [2.75, 3.05) is 11.9 Å². The topological polar surface area (TPSA) is 109 Å². The van der Waals surface area contributed by atoms with Crippen LogP contribution in [-0.4, -0.2) is 29.4 Å². The lowest BCUT2D eigenvalue weighted by atomic mass is 10.2. The normalized spacial score (nSPS) is 9.93. The Kier molecular flexibility index (Phi) is 9.33. The molecule has 0 aliphatic rings. The van der Waals surface area contributed by atoms with Gasteiger partial charge in [0.1, 0.15) is 5.75 Å². The summed E-state index contributed by atoms with van der Waals surface area (Å²) < 4.78 is 5.27.